The first-order valence-corrected chi connectivity index (χ1v) is 11.0. The molecule has 2 atom stereocenters. The summed E-state index contributed by atoms with van der Waals surface area (Å²) in [5.41, 5.74) is 1.70. The third-order valence-electron chi connectivity index (χ3n) is 6.46. The maximum absolute atomic E-state index is 13.5. The van der Waals surface area contributed by atoms with Gasteiger partial charge < -0.3 is 14.9 Å². The van der Waals surface area contributed by atoms with Crippen LogP contribution in [-0.4, -0.2) is 45.9 Å². The summed E-state index contributed by atoms with van der Waals surface area (Å²) in [5, 5.41) is 21.1. The summed E-state index contributed by atoms with van der Waals surface area (Å²) in [5.74, 6) is -1.39. The van der Waals surface area contributed by atoms with E-state index in [-0.39, 0.29) is 23.6 Å². The smallest absolute Gasteiger partial charge is 0.326 e. The average Bonchev–Trinajstić information content (AvgIpc) is 3.24. The van der Waals surface area contributed by atoms with Gasteiger partial charge in [0, 0.05) is 41.9 Å². The monoisotopic (exact) mass is 457 g/mol. The molecule has 2 aromatic carbocycles. The Kier molecular flexibility index (Phi) is 6.32. The number of carbonyl (C=O) groups excluding carboxylic acids is 1. The number of nitro groups is 1. The number of rotatable bonds is 5. The maximum Gasteiger partial charge on any atom is 0.326 e. The number of carboxylic acid groups (broad SMARTS) is 1. The van der Waals surface area contributed by atoms with Crippen LogP contribution in [0.25, 0.3) is 0 Å². The molecule has 0 aliphatic carbocycles. The van der Waals surface area contributed by atoms with Crippen molar-refractivity contribution in [2.24, 2.45) is 5.92 Å². The fraction of sp³-hybridized carbons (Fsp3) is 0.391. The van der Waals surface area contributed by atoms with E-state index in [0.717, 1.165) is 11.3 Å². The first-order chi connectivity index (χ1) is 15.4. The Hall–Kier alpha value is -3.13. The molecule has 168 valence electrons. The van der Waals surface area contributed by atoms with Gasteiger partial charge in [-0.05, 0) is 49.4 Å². The Morgan fingerprint density at radius 1 is 1.00 bits per heavy atom. The van der Waals surface area contributed by atoms with Gasteiger partial charge in [-0.15, -0.1) is 0 Å². The highest BCUT2D eigenvalue weighted by molar-refractivity contribution is 6.31. The number of anilines is 1. The highest BCUT2D eigenvalue weighted by Crippen LogP contribution is 2.41. The van der Waals surface area contributed by atoms with E-state index in [9.17, 15) is 24.8 Å². The van der Waals surface area contributed by atoms with Crippen LogP contribution in [0.2, 0.25) is 5.02 Å². The molecule has 0 aromatic heterocycles. The number of halogens is 1. The average molecular weight is 458 g/mol. The van der Waals surface area contributed by atoms with Gasteiger partial charge in [0.25, 0.3) is 5.69 Å². The number of hydrogen-bond acceptors (Lipinski definition) is 5. The number of benzene rings is 2. The normalized spacial score (nSPS) is 21.5. The number of piperidine rings is 1. The summed E-state index contributed by atoms with van der Waals surface area (Å²) < 4.78 is 0. The van der Waals surface area contributed by atoms with Crippen molar-refractivity contribution in [2.75, 3.05) is 18.0 Å². The molecule has 0 unspecified atom stereocenters. The van der Waals surface area contributed by atoms with Crippen molar-refractivity contribution in [1.82, 2.24) is 4.90 Å². The standard InChI is InChI=1S/C23H24ClN3O5/c24-19-4-2-1-3-18(19)20-9-10-21(23(29)30)26(20)22(28)15-11-13-25(14-12-15)16-5-7-17(8-6-16)27(31)32/h1-8,15,20-21H,9-14H2,(H,29,30)/t20-,21+/m1/s1. The molecule has 2 heterocycles. The summed E-state index contributed by atoms with van der Waals surface area (Å²) >= 11 is 6.37. The van der Waals surface area contributed by atoms with Crippen LogP contribution in [0.3, 0.4) is 0 Å². The first-order valence-electron chi connectivity index (χ1n) is 10.7. The largest absolute Gasteiger partial charge is 0.480 e. The van der Waals surface area contributed by atoms with Gasteiger partial charge in [0.15, 0.2) is 0 Å². The molecule has 4 rings (SSSR count). The molecular weight excluding hydrogens is 434 g/mol. The van der Waals surface area contributed by atoms with Crippen molar-refractivity contribution in [3.05, 3.63) is 69.2 Å². The van der Waals surface area contributed by atoms with Crippen molar-refractivity contribution in [3.63, 3.8) is 0 Å². The lowest BCUT2D eigenvalue weighted by atomic mass is 9.93. The molecule has 32 heavy (non-hydrogen) atoms. The van der Waals surface area contributed by atoms with Crippen LogP contribution >= 0.6 is 11.6 Å². The minimum absolute atomic E-state index is 0.0400. The highest BCUT2D eigenvalue weighted by atomic mass is 35.5. The molecule has 2 aromatic rings. The summed E-state index contributed by atoms with van der Waals surface area (Å²) in [7, 11) is 0. The Labute approximate surface area is 190 Å². The number of amides is 1. The van der Waals surface area contributed by atoms with Crippen molar-refractivity contribution in [1.29, 1.82) is 0 Å². The highest BCUT2D eigenvalue weighted by Gasteiger charge is 2.44. The molecule has 0 radical (unpaired) electrons. The predicted octanol–water partition coefficient (Wildman–Crippen LogP) is 4.28. The number of aliphatic carboxylic acids is 1. The van der Waals surface area contributed by atoms with Crippen molar-refractivity contribution in [3.8, 4) is 0 Å². The number of hydrogen-bond donors (Lipinski definition) is 1. The number of non-ortho nitro benzene ring substituents is 1. The summed E-state index contributed by atoms with van der Waals surface area (Å²) in [4.78, 5) is 39.4. The van der Waals surface area contributed by atoms with Crippen LogP contribution < -0.4 is 4.90 Å². The van der Waals surface area contributed by atoms with Crippen LogP contribution in [0.5, 0.6) is 0 Å². The van der Waals surface area contributed by atoms with Crippen molar-refractivity contribution < 1.29 is 19.6 Å². The first kappa shape index (κ1) is 22.1. The van der Waals surface area contributed by atoms with Crippen LogP contribution in [0.4, 0.5) is 11.4 Å². The number of nitro benzene ring substituents is 1. The lowest BCUT2D eigenvalue weighted by molar-refractivity contribution is -0.384. The fourth-order valence-corrected chi connectivity index (χ4v) is 5.05. The molecule has 9 heteroatoms. The van der Waals surface area contributed by atoms with Gasteiger partial charge in [0.05, 0.1) is 11.0 Å². The van der Waals surface area contributed by atoms with Crippen molar-refractivity contribution in [2.45, 2.75) is 37.8 Å². The molecule has 0 saturated carbocycles. The van der Waals surface area contributed by atoms with Gasteiger partial charge in [0.2, 0.25) is 5.91 Å². The van der Waals surface area contributed by atoms with E-state index in [1.165, 1.54) is 17.0 Å². The lowest BCUT2D eigenvalue weighted by Gasteiger charge is -2.37. The molecule has 2 aliphatic heterocycles. The number of nitrogens with zero attached hydrogens (tertiary/aromatic N) is 3. The molecule has 0 spiro atoms. The topological polar surface area (TPSA) is 104 Å². The molecule has 1 amide bonds. The van der Waals surface area contributed by atoms with E-state index >= 15 is 0 Å². The summed E-state index contributed by atoms with van der Waals surface area (Å²) in [6.45, 7) is 1.24. The Morgan fingerprint density at radius 2 is 1.66 bits per heavy atom. The van der Waals surface area contributed by atoms with Gasteiger partial charge in [-0.1, -0.05) is 29.8 Å². The second kappa shape index (κ2) is 9.16. The fourth-order valence-electron chi connectivity index (χ4n) is 4.79. The Morgan fingerprint density at radius 3 is 2.25 bits per heavy atom. The molecule has 0 bridgehead atoms. The van der Waals surface area contributed by atoms with E-state index in [1.807, 2.05) is 18.2 Å². The minimum atomic E-state index is -0.990. The third-order valence-corrected chi connectivity index (χ3v) is 6.80. The molecule has 8 nitrogen and oxygen atoms in total. The zero-order valence-electron chi connectivity index (χ0n) is 17.4. The molecular formula is C23H24ClN3O5. The Balaban J connectivity index is 1.48. The molecule has 2 saturated heterocycles. The van der Waals surface area contributed by atoms with Gasteiger partial charge in [-0.2, -0.15) is 0 Å². The SMILES string of the molecule is O=C(O)[C@@H]1CC[C@H](c2ccccc2Cl)N1C(=O)C1CCN(c2ccc([N+](=O)[O-])cc2)CC1. The lowest BCUT2D eigenvalue weighted by Crippen LogP contribution is -2.47. The van der Waals surface area contributed by atoms with E-state index < -0.39 is 16.9 Å². The molecule has 2 fully saturated rings. The number of likely N-dealkylation sites (tertiary alicyclic amines) is 1. The van der Waals surface area contributed by atoms with E-state index in [2.05, 4.69) is 4.90 Å². The van der Waals surface area contributed by atoms with Gasteiger partial charge in [-0.3, -0.25) is 14.9 Å². The summed E-state index contributed by atoms with van der Waals surface area (Å²) in [6, 6.07) is 12.5. The minimum Gasteiger partial charge on any atom is -0.480 e. The second-order valence-corrected chi connectivity index (χ2v) is 8.66. The van der Waals surface area contributed by atoms with Crippen LogP contribution in [0.15, 0.2) is 48.5 Å². The molecule has 2 aliphatic rings. The van der Waals surface area contributed by atoms with Gasteiger partial charge in [-0.25, -0.2) is 4.79 Å². The van der Waals surface area contributed by atoms with E-state index in [0.29, 0.717) is 43.8 Å². The van der Waals surface area contributed by atoms with Crippen LogP contribution in [0, 0.1) is 16.0 Å². The van der Waals surface area contributed by atoms with Gasteiger partial charge >= 0.3 is 5.97 Å². The Bertz CT molecular complexity index is 1020. The molecule has 1 N–H and O–H groups in total. The quantitative estimate of drug-likeness (QED) is 0.530. The van der Waals surface area contributed by atoms with Crippen LogP contribution in [0.1, 0.15) is 37.3 Å². The number of carbonyl (C=O) groups is 2. The van der Waals surface area contributed by atoms with Gasteiger partial charge in [0.1, 0.15) is 6.04 Å². The van der Waals surface area contributed by atoms with E-state index in [4.69, 9.17) is 11.6 Å². The van der Waals surface area contributed by atoms with Crippen molar-refractivity contribution >= 4 is 34.9 Å². The van der Waals surface area contributed by atoms with E-state index in [1.54, 1.807) is 18.2 Å². The maximum atomic E-state index is 13.5. The van der Waals surface area contributed by atoms with Crippen LogP contribution in [-0.2, 0) is 9.59 Å². The number of carboxylic acids is 1. The zero-order valence-corrected chi connectivity index (χ0v) is 18.1. The predicted molar refractivity (Wildman–Crippen MR) is 120 cm³/mol. The second-order valence-electron chi connectivity index (χ2n) is 8.25. The summed E-state index contributed by atoms with van der Waals surface area (Å²) in [6.07, 6.45) is 2.15. The third kappa shape index (κ3) is 4.27. The zero-order chi connectivity index (χ0) is 22.8.